The standard InChI is InChI=1S/C11H8F3I3O5S/c12-8(11(13,14)23(19,20)21)1-2-22-10(18)9-6(16)3-5(15)4-7(9)17/h3-4,8H,1-2H2,(H,19,20,21). The number of esters is 1. The van der Waals surface area contributed by atoms with Crippen molar-refractivity contribution in [2.75, 3.05) is 6.61 Å². The van der Waals surface area contributed by atoms with Crippen LogP contribution in [-0.2, 0) is 14.9 Å². The smallest absolute Gasteiger partial charge is 0.400 e. The SMILES string of the molecule is O=C(OCCC(F)C(F)(F)S(=O)(=O)O)c1c(I)cc(I)cc1I. The van der Waals surface area contributed by atoms with Crippen molar-refractivity contribution in [1.29, 1.82) is 0 Å². The van der Waals surface area contributed by atoms with Crippen molar-refractivity contribution in [2.24, 2.45) is 0 Å². The van der Waals surface area contributed by atoms with Gasteiger partial charge in [0.05, 0.1) is 12.2 Å². The predicted molar refractivity (Wildman–Crippen MR) is 101 cm³/mol. The molecule has 23 heavy (non-hydrogen) atoms. The molecule has 0 saturated carbocycles. The molecule has 1 unspecified atom stereocenters. The summed E-state index contributed by atoms with van der Waals surface area (Å²) in [5, 5.41) is -4.95. The van der Waals surface area contributed by atoms with Gasteiger partial charge in [0.2, 0.25) is 0 Å². The van der Waals surface area contributed by atoms with Crippen LogP contribution in [0.25, 0.3) is 0 Å². The van der Waals surface area contributed by atoms with Gasteiger partial charge in [0, 0.05) is 17.1 Å². The number of benzene rings is 1. The molecule has 0 amide bonds. The molecule has 1 N–H and O–H groups in total. The molecule has 0 aromatic heterocycles. The monoisotopic (exact) mass is 690 g/mol. The molecular formula is C11H8F3I3O5S. The van der Waals surface area contributed by atoms with Crippen molar-refractivity contribution >= 4 is 83.9 Å². The van der Waals surface area contributed by atoms with Crippen LogP contribution in [0.5, 0.6) is 0 Å². The van der Waals surface area contributed by atoms with Gasteiger partial charge in [-0.15, -0.1) is 0 Å². The number of hydrogen-bond donors (Lipinski definition) is 1. The lowest BCUT2D eigenvalue weighted by Crippen LogP contribution is -2.39. The fraction of sp³-hybridized carbons (Fsp3) is 0.364. The largest absolute Gasteiger partial charge is 0.462 e. The minimum absolute atomic E-state index is 0.212. The van der Waals surface area contributed by atoms with E-state index in [1.54, 1.807) is 12.1 Å². The highest BCUT2D eigenvalue weighted by atomic mass is 127. The molecule has 0 heterocycles. The third kappa shape index (κ3) is 5.53. The van der Waals surface area contributed by atoms with Gasteiger partial charge in [-0.05, 0) is 79.9 Å². The Morgan fingerprint density at radius 1 is 1.26 bits per heavy atom. The Hall–Kier alpha value is 0.580. The highest BCUT2D eigenvalue weighted by molar-refractivity contribution is 14.1. The topological polar surface area (TPSA) is 80.7 Å². The Labute approximate surface area is 170 Å². The number of carbonyl (C=O) groups excluding carboxylic acids is 1. The predicted octanol–water partition coefficient (Wildman–Crippen LogP) is 3.87. The van der Waals surface area contributed by atoms with Gasteiger partial charge in [-0.2, -0.15) is 17.2 Å². The Kier molecular flexibility index (Phi) is 7.81. The normalized spacial score (nSPS) is 13.7. The van der Waals surface area contributed by atoms with Gasteiger partial charge in [0.15, 0.2) is 6.17 Å². The number of halogens is 6. The number of rotatable bonds is 6. The molecule has 0 fully saturated rings. The maximum atomic E-state index is 13.3. The van der Waals surface area contributed by atoms with Crippen LogP contribution in [0.15, 0.2) is 12.1 Å². The van der Waals surface area contributed by atoms with E-state index in [0.717, 1.165) is 3.57 Å². The molecule has 0 saturated heterocycles. The molecule has 0 aliphatic carbocycles. The first-order valence-electron chi connectivity index (χ1n) is 5.68. The molecule has 5 nitrogen and oxygen atoms in total. The summed E-state index contributed by atoms with van der Waals surface area (Å²) in [4.78, 5) is 11.9. The van der Waals surface area contributed by atoms with Gasteiger partial charge in [-0.25, -0.2) is 9.18 Å². The van der Waals surface area contributed by atoms with Crippen LogP contribution in [-0.4, -0.2) is 37.0 Å². The van der Waals surface area contributed by atoms with Crippen LogP contribution < -0.4 is 0 Å². The van der Waals surface area contributed by atoms with Crippen molar-refractivity contribution < 1.29 is 35.7 Å². The van der Waals surface area contributed by atoms with Gasteiger partial charge >= 0.3 is 21.3 Å². The molecule has 0 aliphatic rings. The summed E-state index contributed by atoms with van der Waals surface area (Å²) < 4.78 is 75.0. The Morgan fingerprint density at radius 3 is 2.17 bits per heavy atom. The van der Waals surface area contributed by atoms with Gasteiger partial charge in [-0.3, -0.25) is 4.55 Å². The Bertz CT molecular complexity index is 688. The maximum absolute atomic E-state index is 13.3. The number of alkyl halides is 3. The van der Waals surface area contributed by atoms with Crippen molar-refractivity contribution in [1.82, 2.24) is 0 Å². The summed E-state index contributed by atoms with van der Waals surface area (Å²) in [6, 6.07) is 3.40. The van der Waals surface area contributed by atoms with E-state index in [2.05, 4.69) is 0 Å². The summed E-state index contributed by atoms with van der Waals surface area (Å²) in [5.74, 6) is -0.836. The molecule has 0 aliphatic heterocycles. The zero-order valence-corrected chi connectivity index (χ0v) is 18.2. The maximum Gasteiger partial charge on any atom is 0.400 e. The van der Waals surface area contributed by atoms with Crippen molar-refractivity contribution in [2.45, 2.75) is 17.8 Å². The molecule has 1 atom stereocenters. The molecule has 1 aromatic rings. The number of ether oxygens (including phenoxy) is 1. The van der Waals surface area contributed by atoms with Gasteiger partial charge < -0.3 is 4.74 Å². The first-order chi connectivity index (χ1) is 10.4. The summed E-state index contributed by atoms with van der Waals surface area (Å²) in [5.41, 5.74) is 0.212. The minimum Gasteiger partial charge on any atom is -0.462 e. The highest BCUT2D eigenvalue weighted by Gasteiger charge is 2.52. The second kappa shape index (κ2) is 8.31. The van der Waals surface area contributed by atoms with Crippen LogP contribution in [0.4, 0.5) is 13.2 Å². The fourth-order valence-corrected chi connectivity index (χ4v) is 5.86. The van der Waals surface area contributed by atoms with E-state index >= 15 is 0 Å². The molecule has 0 bridgehead atoms. The first-order valence-corrected chi connectivity index (χ1v) is 10.4. The molecule has 130 valence electrons. The van der Waals surface area contributed by atoms with Crippen LogP contribution in [0.3, 0.4) is 0 Å². The van der Waals surface area contributed by atoms with E-state index < -0.39 is 40.5 Å². The summed E-state index contributed by atoms with van der Waals surface area (Å²) in [6.07, 6.45) is -4.27. The minimum atomic E-state index is -5.87. The summed E-state index contributed by atoms with van der Waals surface area (Å²) >= 11 is 5.85. The molecule has 0 radical (unpaired) electrons. The lowest BCUT2D eigenvalue weighted by molar-refractivity contribution is -0.0163. The summed E-state index contributed by atoms with van der Waals surface area (Å²) in [6.45, 7) is -0.761. The molecule has 1 rings (SSSR count). The van der Waals surface area contributed by atoms with Crippen molar-refractivity contribution in [3.63, 3.8) is 0 Å². The van der Waals surface area contributed by atoms with E-state index in [0.29, 0.717) is 7.14 Å². The second-order valence-electron chi connectivity index (χ2n) is 4.17. The highest BCUT2D eigenvalue weighted by Crippen LogP contribution is 2.29. The molecule has 1 aromatic carbocycles. The average Bonchev–Trinajstić information content (AvgIpc) is 2.35. The van der Waals surface area contributed by atoms with E-state index in [4.69, 9.17) is 9.29 Å². The third-order valence-corrected chi connectivity index (χ3v) is 5.79. The Balaban J connectivity index is 2.72. The number of carbonyl (C=O) groups is 1. The van der Waals surface area contributed by atoms with Gasteiger partial charge in [0.1, 0.15) is 0 Å². The van der Waals surface area contributed by atoms with Crippen LogP contribution in [0, 0.1) is 10.7 Å². The van der Waals surface area contributed by atoms with E-state index in [9.17, 15) is 26.4 Å². The fourth-order valence-electron chi connectivity index (χ4n) is 1.39. The van der Waals surface area contributed by atoms with Crippen LogP contribution in [0.2, 0.25) is 0 Å². The average molecular weight is 690 g/mol. The van der Waals surface area contributed by atoms with Crippen molar-refractivity contribution in [3.8, 4) is 0 Å². The number of hydrogen-bond acceptors (Lipinski definition) is 4. The van der Waals surface area contributed by atoms with E-state index in [1.807, 2.05) is 67.8 Å². The van der Waals surface area contributed by atoms with E-state index in [1.165, 1.54) is 0 Å². The summed E-state index contributed by atoms with van der Waals surface area (Å²) in [7, 11) is -5.87. The van der Waals surface area contributed by atoms with Crippen molar-refractivity contribution in [3.05, 3.63) is 28.4 Å². The quantitative estimate of drug-likeness (QED) is 0.279. The van der Waals surface area contributed by atoms with E-state index in [-0.39, 0.29) is 5.56 Å². The molecule has 0 spiro atoms. The van der Waals surface area contributed by atoms with Gasteiger partial charge in [-0.1, -0.05) is 0 Å². The Morgan fingerprint density at radius 2 is 1.74 bits per heavy atom. The third-order valence-electron chi connectivity index (χ3n) is 2.52. The lowest BCUT2D eigenvalue weighted by atomic mass is 10.2. The zero-order valence-electron chi connectivity index (χ0n) is 10.9. The second-order valence-corrected chi connectivity index (χ2v) is 9.24. The van der Waals surface area contributed by atoms with Crippen LogP contribution in [0.1, 0.15) is 16.8 Å². The first kappa shape index (κ1) is 21.6. The molecule has 12 heteroatoms. The molecular weight excluding hydrogens is 682 g/mol. The van der Waals surface area contributed by atoms with Gasteiger partial charge in [0.25, 0.3) is 0 Å². The van der Waals surface area contributed by atoms with Crippen LogP contribution >= 0.6 is 67.8 Å². The lowest BCUT2D eigenvalue weighted by Gasteiger charge is -2.17. The zero-order chi connectivity index (χ0) is 18.0.